The second-order valence-electron chi connectivity index (χ2n) is 6.94. The zero-order valence-electron chi connectivity index (χ0n) is 15.5. The minimum atomic E-state index is -0.904. The number of carboxylic acid groups (broad SMARTS) is 1. The molecule has 140 valence electrons. The monoisotopic (exact) mass is 367 g/mol. The summed E-state index contributed by atoms with van der Waals surface area (Å²) in [5.41, 5.74) is 4.34. The highest BCUT2D eigenvalue weighted by Crippen LogP contribution is 2.24. The lowest BCUT2D eigenvalue weighted by atomic mass is 9.99. The molecule has 1 aliphatic rings. The number of carbonyl (C=O) groups is 1. The summed E-state index contributed by atoms with van der Waals surface area (Å²) in [6, 6.07) is 10.1. The smallest absolute Gasteiger partial charge is 0.335 e. The van der Waals surface area contributed by atoms with Gasteiger partial charge in [-0.15, -0.1) is 0 Å². The molecule has 0 saturated carbocycles. The zero-order valence-corrected chi connectivity index (χ0v) is 15.5. The molecule has 5 nitrogen and oxygen atoms in total. The number of aromatic carboxylic acids is 1. The maximum atomic E-state index is 13.3. The van der Waals surface area contributed by atoms with Gasteiger partial charge in [0, 0.05) is 32.7 Å². The summed E-state index contributed by atoms with van der Waals surface area (Å²) < 4.78 is 13.3. The second-order valence-corrected chi connectivity index (χ2v) is 6.94. The number of rotatable bonds is 4. The standard InChI is InChI=1S/C21H22FN3O2/c1-14-9-15(2)19(21(26)27)11-17(14)13-24-5-7-25(8-6-24)20-4-3-18(22)10-16(20)12-23/h3-4,9-11H,5-8,13H2,1-2H3,(H,26,27). The van der Waals surface area contributed by atoms with E-state index >= 15 is 0 Å². The Balaban J connectivity index is 1.70. The molecule has 27 heavy (non-hydrogen) atoms. The quantitative estimate of drug-likeness (QED) is 0.898. The van der Waals surface area contributed by atoms with Crippen LogP contribution in [0.1, 0.15) is 32.6 Å². The van der Waals surface area contributed by atoms with Crippen LogP contribution in [0.25, 0.3) is 0 Å². The lowest BCUT2D eigenvalue weighted by Crippen LogP contribution is -2.46. The highest BCUT2D eigenvalue weighted by molar-refractivity contribution is 5.89. The summed E-state index contributed by atoms with van der Waals surface area (Å²) in [5.74, 6) is -1.31. The van der Waals surface area contributed by atoms with E-state index < -0.39 is 11.8 Å². The van der Waals surface area contributed by atoms with Crippen molar-refractivity contribution in [1.29, 1.82) is 5.26 Å². The van der Waals surface area contributed by atoms with Crippen molar-refractivity contribution >= 4 is 11.7 Å². The van der Waals surface area contributed by atoms with E-state index in [2.05, 4.69) is 15.9 Å². The minimum Gasteiger partial charge on any atom is -0.478 e. The molecule has 0 aromatic heterocycles. The highest BCUT2D eigenvalue weighted by Gasteiger charge is 2.21. The lowest BCUT2D eigenvalue weighted by molar-refractivity contribution is 0.0696. The fourth-order valence-electron chi connectivity index (χ4n) is 3.56. The molecule has 1 heterocycles. The first-order valence-electron chi connectivity index (χ1n) is 8.89. The van der Waals surface area contributed by atoms with Crippen molar-refractivity contribution in [3.63, 3.8) is 0 Å². The molecular formula is C21H22FN3O2. The van der Waals surface area contributed by atoms with Crippen LogP contribution in [0, 0.1) is 31.0 Å². The van der Waals surface area contributed by atoms with Gasteiger partial charge in [-0.05, 0) is 54.8 Å². The average molecular weight is 367 g/mol. The van der Waals surface area contributed by atoms with Crippen molar-refractivity contribution in [2.75, 3.05) is 31.1 Å². The molecule has 2 aromatic carbocycles. The number of piperazine rings is 1. The number of hydrogen-bond donors (Lipinski definition) is 1. The minimum absolute atomic E-state index is 0.346. The van der Waals surface area contributed by atoms with Crippen molar-refractivity contribution in [2.45, 2.75) is 20.4 Å². The number of hydrogen-bond acceptors (Lipinski definition) is 4. The number of nitriles is 1. The molecule has 1 fully saturated rings. The molecule has 0 bridgehead atoms. The van der Waals surface area contributed by atoms with E-state index in [1.54, 1.807) is 12.1 Å². The maximum Gasteiger partial charge on any atom is 0.335 e. The van der Waals surface area contributed by atoms with E-state index in [-0.39, 0.29) is 0 Å². The van der Waals surface area contributed by atoms with Gasteiger partial charge in [0.1, 0.15) is 11.9 Å². The Hall–Kier alpha value is -2.91. The van der Waals surface area contributed by atoms with Crippen LogP contribution >= 0.6 is 0 Å². The summed E-state index contributed by atoms with van der Waals surface area (Å²) in [6.45, 7) is 7.55. The Kier molecular flexibility index (Phi) is 5.43. The van der Waals surface area contributed by atoms with Crippen LogP contribution < -0.4 is 4.90 Å². The maximum absolute atomic E-state index is 13.3. The topological polar surface area (TPSA) is 67.6 Å². The number of halogens is 1. The summed E-state index contributed by atoms with van der Waals surface area (Å²) in [4.78, 5) is 15.8. The van der Waals surface area contributed by atoms with Gasteiger partial charge < -0.3 is 10.0 Å². The first-order chi connectivity index (χ1) is 12.9. The molecule has 1 aliphatic heterocycles. The molecule has 0 spiro atoms. The van der Waals surface area contributed by atoms with Crippen LogP contribution in [0.2, 0.25) is 0 Å². The van der Waals surface area contributed by atoms with Crippen molar-refractivity contribution in [3.05, 3.63) is 64.0 Å². The molecule has 2 aromatic rings. The van der Waals surface area contributed by atoms with Crippen LogP contribution in [0.5, 0.6) is 0 Å². The van der Waals surface area contributed by atoms with E-state index in [0.29, 0.717) is 17.7 Å². The normalized spacial score (nSPS) is 14.8. The van der Waals surface area contributed by atoms with Gasteiger partial charge in [-0.25, -0.2) is 9.18 Å². The van der Waals surface area contributed by atoms with Gasteiger partial charge >= 0.3 is 5.97 Å². The number of anilines is 1. The molecule has 0 unspecified atom stereocenters. The molecule has 1 saturated heterocycles. The van der Waals surface area contributed by atoms with Gasteiger partial charge in [-0.3, -0.25) is 4.90 Å². The first kappa shape index (κ1) is 18.9. The third kappa shape index (κ3) is 4.09. The van der Waals surface area contributed by atoms with Crippen molar-refractivity contribution < 1.29 is 14.3 Å². The fraction of sp³-hybridized carbons (Fsp3) is 0.333. The van der Waals surface area contributed by atoms with Crippen molar-refractivity contribution in [3.8, 4) is 6.07 Å². The van der Waals surface area contributed by atoms with Gasteiger partial charge in [-0.1, -0.05) is 6.07 Å². The largest absolute Gasteiger partial charge is 0.478 e. The van der Waals surface area contributed by atoms with Crippen LogP contribution in [0.3, 0.4) is 0 Å². The van der Waals surface area contributed by atoms with Crippen LogP contribution in [-0.4, -0.2) is 42.2 Å². The zero-order chi connectivity index (χ0) is 19.6. The predicted molar refractivity (Wildman–Crippen MR) is 101 cm³/mol. The van der Waals surface area contributed by atoms with Crippen molar-refractivity contribution in [2.24, 2.45) is 0 Å². The molecule has 3 rings (SSSR count). The van der Waals surface area contributed by atoms with E-state index in [4.69, 9.17) is 0 Å². The Morgan fingerprint density at radius 3 is 2.48 bits per heavy atom. The highest BCUT2D eigenvalue weighted by atomic mass is 19.1. The van der Waals surface area contributed by atoms with Gasteiger partial charge in [0.15, 0.2) is 0 Å². The molecule has 1 N–H and O–H groups in total. The molecular weight excluding hydrogens is 345 g/mol. The molecule has 0 radical (unpaired) electrons. The lowest BCUT2D eigenvalue weighted by Gasteiger charge is -2.36. The van der Waals surface area contributed by atoms with E-state index in [1.807, 2.05) is 19.9 Å². The average Bonchev–Trinajstić information content (AvgIpc) is 2.64. The molecule has 0 atom stereocenters. The van der Waals surface area contributed by atoms with E-state index in [0.717, 1.165) is 48.6 Å². The number of benzene rings is 2. The summed E-state index contributed by atoms with van der Waals surface area (Å²) in [7, 11) is 0. The fourth-order valence-corrected chi connectivity index (χ4v) is 3.56. The summed E-state index contributed by atoms with van der Waals surface area (Å²) >= 11 is 0. The molecule has 6 heteroatoms. The number of aryl methyl sites for hydroxylation is 2. The molecule has 0 amide bonds. The van der Waals surface area contributed by atoms with Gasteiger partial charge in [0.2, 0.25) is 0 Å². The van der Waals surface area contributed by atoms with E-state index in [1.165, 1.54) is 12.1 Å². The van der Waals surface area contributed by atoms with Gasteiger partial charge in [0.05, 0.1) is 16.8 Å². The second kappa shape index (κ2) is 7.77. The Bertz CT molecular complexity index is 912. The summed E-state index contributed by atoms with van der Waals surface area (Å²) in [6.07, 6.45) is 0. The molecule has 0 aliphatic carbocycles. The summed E-state index contributed by atoms with van der Waals surface area (Å²) in [5, 5.41) is 18.6. The van der Waals surface area contributed by atoms with Crippen LogP contribution in [-0.2, 0) is 6.54 Å². The van der Waals surface area contributed by atoms with Crippen LogP contribution in [0.4, 0.5) is 10.1 Å². The Morgan fingerprint density at radius 1 is 1.15 bits per heavy atom. The van der Waals surface area contributed by atoms with Crippen molar-refractivity contribution in [1.82, 2.24) is 4.90 Å². The SMILES string of the molecule is Cc1cc(C)c(C(=O)O)cc1CN1CCN(c2ccc(F)cc2C#N)CC1. The number of nitrogens with zero attached hydrogens (tertiary/aromatic N) is 3. The number of carboxylic acids is 1. The Morgan fingerprint density at radius 2 is 1.85 bits per heavy atom. The predicted octanol–water partition coefficient (Wildman–Crippen LogP) is 3.33. The van der Waals surface area contributed by atoms with Gasteiger partial charge in [0.25, 0.3) is 0 Å². The van der Waals surface area contributed by atoms with E-state index in [9.17, 15) is 19.6 Å². The first-order valence-corrected chi connectivity index (χ1v) is 8.89. The van der Waals surface area contributed by atoms with Crippen LogP contribution in [0.15, 0.2) is 30.3 Å². The van der Waals surface area contributed by atoms with Gasteiger partial charge in [-0.2, -0.15) is 5.26 Å². The Labute approximate surface area is 158 Å². The third-order valence-corrected chi connectivity index (χ3v) is 5.10. The third-order valence-electron chi connectivity index (χ3n) is 5.10.